The number of piperidine rings is 1. The predicted molar refractivity (Wildman–Crippen MR) is 93.4 cm³/mol. The summed E-state index contributed by atoms with van der Waals surface area (Å²) in [5.41, 5.74) is 1.08. The average molecular weight is 317 g/mol. The zero-order valence-electron chi connectivity index (χ0n) is 13.0. The third-order valence-corrected chi connectivity index (χ3v) is 6.06. The van der Waals surface area contributed by atoms with Crippen molar-refractivity contribution in [3.8, 4) is 0 Å². The largest absolute Gasteiger partial charge is 0.381 e. The van der Waals surface area contributed by atoms with E-state index in [1.54, 1.807) is 0 Å². The summed E-state index contributed by atoms with van der Waals surface area (Å²) in [6.07, 6.45) is 10.2. The van der Waals surface area contributed by atoms with Crippen molar-refractivity contribution in [1.29, 1.82) is 0 Å². The first kappa shape index (κ1) is 14.6. The number of para-hydroxylation sites is 1. The van der Waals surface area contributed by atoms with Gasteiger partial charge < -0.3 is 10.2 Å². The molecule has 3 atom stereocenters. The molecule has 118 valence electrons. The SMILES string of the molecule is Clc1ccccc1NC1CCN(C[C@H]2C[C@H]3C=C[C@H]2C3)CC1. The van der Waals surface area contributed by atoms with Gasteiger partial charge in [0.25, 0.3) is 0 Å². The standard InChI is InChI=1S/C19H25ClN2/c20-18-3-1-2-4-19(18)21-17-7-9-22(10-8-17)13-16-12-14-5-6-15(16)11-14/h1-6,14-17,21H,7-13H2/t14-,15-,16+/m0/s1. The van der Waals surface area contributed by atoms with Gasteiger partial charge in [0.2, 0.25) is 0 Å². The van der Waals surface area contributed by atoms with E-state index in [4.69, 9.17) is 11.6 Å². The number of benzene rings is 1. The van der Waals surface area contributed by atoms with Crippen LogP contribution in [0.1, 0.15) is 25.7 Å². The number of anilines is 1. The van der Waals surface area contributed by atoms with Crippen LogP contribution < -0.4 is 5.32 Å². The van der Waals surface area contributed by atoms with E-state index in [0.717, 1.165) is 28.5 Å². The fraction of sp³-hybridized carbons (Fsp3) is 0.579. The van der Waals surface area contributed by atoms with Crippen molar-refractivity contribution in [1.82, 2.24) is 4.90 Å². The van der Waals surface area contributed by atoms with Crippen LogP contribution in [0.15, 0.2) is 36.4 Å². The normalized spacial score (nSPS) is 31.8. The molecule has 0 radical (unpaired) electrons. The molecule has 1 N–H and O–H groups in total. The molecule has 3 aliphatic rings. The number of fused-ring (bicyclic) bond motifs is 2. The van der Waals surface area contributed by atoms with Crippen LogP contribution in [-0.2, 0) is 0 Å². The van der Waals surface area contributed by atoms with Crippen LogP contribution in [0.5, 0.6) is 0 Å². The molecular formula is C19H25ClN2. The quantitative estimate of drug-likeness (QED) is 0.827. The highest BCUT2D eigenvalue weighted by Crippen LogP contribution is 2.43. The van der Waals surface area contributed by atoms with Crippen LogP contribution in [0, 0.1) is 17.8 Å². The Morgan fingerprint density at radius 2 is 1.91 bits per heavy atom. The van der Waals surface area contributed by atoms with E-state index in [1.165, 1.54) is 45.3 Å². The topological polar surface area (TPSA) is 15.3 Å². The molecule has 0 aromatic heterocycles. The molecule has 1 saturated heterocycles. The van der Waals surface area contributed by atoms with Crippen LogP contribution in [0.2, 0.25) is 5.02 Å². The summed E-state index contributed by atoms with van der Waals surface area (Å²) < 4.78 is 0. The molecule has 0 amide bonds. The number of rotatable bonds is 4. The van der Waals surface area contributed by atoms with Gasteiger partial charge in [-0.3, -0.25) is 0 Å². The Bertz CT molecular complexity index is 548. The van der Waals surface area contributed by atoms with E-state index in [9.17, 15) is 0 Å². The van der Waals surface area contributed by atoms with Crippen LogP contribution >= 0.6 is 11.6 Å². The highest BCUT2D eigenvalue weighted by Gasteiger charge is 2.36. The smallest absolute Gasteiger partial charge is 0.0637 e. The maximum absolute atomic E-state index is 6.24. The molecule has 4 rings (SSSR count). The number of hydrogen-bond donors (Lipinski definition) is 1. The minimum Gasteiger partial charge on any atom is -0.381 e. The van der Waals surface area contributed by atoms with Gasteiger partial charge in [-0.05, 0) is 55.6 Å². The van der Waals surface area contributed by atoms with Crippen LogP contribution in [-0.4, -0.2) is 30.6 Å². The molecule has 1 aromatic carbocycles. The van der Waals surface area contributed by atoms with E-state index in [1.807, 2.05) is 18.2 Å². The lowest BCUT2D eigenvalue weighted by Crippen LogP contribution is -2.41. The first-order chi connectivity index (χ1) is 10.8. The summed E-state index contributed by atoms with van der Waals surface area (Å²) in [5.74, 6) is 2.70. The minimum atomic E-state index is 0.566. The Labute approximate surface area is 138 Å². The zero-order chi connectivity index (χ0) is 14.9. The third-order valence-electron chi connectivity index (χ3n) is 5.73. The van der Waals surface area contributed by atoms with Gasteiger partial charge in [0.15, 0.2) is 0 Å². The summed E-state index contributed by atoms with van der Waals surface area (Å²) in [7, 11) is 0. The molecule has 0 unspecified atom stereocenters. The average Bonchev–Trinajstić information content (AvgIpc) is 3.14. The maximum atomic E-state index is 6.24. The molecule has 22 heavy (non-hydrogen) atoms. The van der Waals surface area contributed by atoms with Crippen molar-refractivity contribution in [2.24, 2.45) is 17.8 Å². The van der Waals surface area contributed by atoms with Crippen molar-refractivity contribution in [2.45, 2.75) is 31.7 Å². The molecule has 1 aliphatic heterocycles. The Hall–Kier alpha value is -0.990. The Kier molecular flexibility index (Phi) is 4.15. The van der Waals surface area contributed by atoms with Crippen molar-refractivity contribution in [3.63, 3.8) is 0 Å². The second-order valence-corrected chi connectivity index (χ2v) is 7.65. The number of allylic oxidation sites excluding steroid dienone is 2. The summed E-state index contributed by atoms with van der Waals surface area (Å²) >= 11 is 6.24. The summed E-state index contributed by atoms with van der Waals surface area (Å²) in [5, 5.41) is 4.45. The molecular weight excluding hydrogens is 292 g/mol. The van der Waals surface area contributed by atoms with E-state index in [0.29, 0.717) is 6.04 Å². The first-order valence-corrected chi connectivity index (χ1v) is 9.07. The summed E-state index contributed by atoms with van der Waals surface area (Å²) in [6, 6.07) is 8.64. The van der Waals surface area contributed by atoms with Crippen LogP contribution in [0.25, 0.3) is 0 Å². The number of hydrogen-bond acceptors (Lipinski definition) is 2. The lowest BCUT2D eigenvalue weighted by atomic mass is 9.92. The van der Waals surface area contributed by atoms with Crippen molar-refractivity contribution in [3.05, 3.63) is 41.4 Å². The lowest BCUT2D eigenvalue weighted by molar-refractivity contribution is 0.177. The predicted octanol–water partition coefficient (Wildman–Crippen LogP) is 4.43. The number of likely N-dealkylation sites (tertiary alicyclic amines) is 1. The molecule has 2 nitrogen and oxygen atoms in total. The second-order valence-electron chi connectivity index (χ2n) is 7.24. The van der Waals surface area contributed by atoms with E-state index < -0.39 is 0 Å². The summed E-state index contributed by atoms with van der Waals surface area (Å²) in [6.45, 7) is 3.75. The van der Waals surface area contributed by atoms with E-state index >= 15 is 0 Å². The highest BCUT2D eigenvalue weighted by atomic mass is 35.5. The van der Waals surface area contributed by atoms with Crippen molar-refractivity contribution in [2.75, 3.05) is 25.0 Å². The number of nitrogens with zero attached hydrogens (tertiary/aromatic N) is 1. The third kappa shape index (κ3) is 3.04. The van der Waals surface area contributed by atoms with Gasteiger partial charge in [-0.2, -0.15) is 0 Å². The van der Waals surface area contributed by atoms with Gasteiger partial charge in [0.1, 0.15) is 0 Å². The molecule has 1 saturated carbocycles. The molecule has 0 spiro atoms. The zero-order valence-corrected chi connectivity index (χ0v) is 13.8. The van der Waals surface area contributed by atoms with Gasteiger partial charge >= 0.3 is 0 Å². The molecule has 2 fully saturated rings. The van der Waals surface area contributed by atoms with Gasteiger partial charge in [-0.1, -0.05) is 35.9 Å². The molecule has 2 aliphatic carbocycles. The second kappa shape index (κ2) is 6.25. The van der Waals surface area contributed by atoms with Crippen LogP contribution in [0.4, 0.5) is 5.69 Å². The first-order valence-electron chi connectivity index (χ1n) is 8.69. The van der Waals surface area contributed by atoms with Gasteiger partial charge in [-0.15, -0.1) is 0 Å². The summed E-state index contributed by atoms with van der Waals surface area (Å²) in [4.78, 5) is 2.68. The molecule has 1 heterocycles. The Balaban J connectivity index is 1.26. The van der Waals surface area contributed by atoms with Gasteiger partial charge in [0.05, 0.1) is 10.7 Å². The lowest BCUT2D eigenvalue weighted by Gasteiger charge is -2.35. The fourth-order valence-electron chi connectivity index (χ4n) is 4.49. The van der Waals surface area contributed by atoms with E-state index in [2.05, 4.69) is 28.4 Å². The monoisotopic (exact) mass is 316 g/mol. The van der Waals surface area contributed by atoms with Crippen molar-refractivity contribution < 1.29 is 0 Å². The molecule has 2 bridgehead atoms. The Morgan fingerprint density at radius 3 is 2.59 bits per heavy atom. The minimum absolute atomic E-state index is 0.566. The van der Waals surface area contributed by atoms with Gasteiger partial charge in [0, 0.05) is 25.7 Å². The van der Waals surface area contributed by atoms with Crippen molar-refractivity contribution >= 4 is 17.3 Å². The Morgan fingerprint density at radius 1 is 1.09 bits per heavy atom. The maximum Gasteiger partial charge on any atom is 0.0637 e. The highest BCUT2D eigenvalue weighted by molar-refractivity contribution is 6.33. The van der Waals surface area contributed by atoms with Crippen LogP contribution in [0.3, 0.4) is 0 Å². The van der Waals surface area contributed by atoms with E-state index in [-0.39, 0.29) is 0 Å². The molecule has 1 aromatic rings. The van der Waals surface area contributed by atoms with Gasteiger partial charge in [-0.25, -0.2) is 0 Å². The fourth-order valence-corrected chi connectivity index (χ4v) is 4.68. The molecule has 3 heteroatoms. The number of halogens is 1. The number of nitrogens with one attached hydrogen (secondary N) is 1.